The Hall–Kier alpha value is -2.68. The molecule has 9 heteroatoms. The van der Waals surface area contributed by atoms with Gasteiger partial charge in [-0.3, -0.25) is 14.6 Å². The van der Waals surface area contributed by atoms with Crippen molar-refractivity contribution in [1.29, 1.82) is 0 Å². The molecule has 0 atom stereocenters. The van der Waals surface area contributed by atoms with Crippen LogP contribution in [0, 0.1) is 0 Å². The standard InChI is InChI=1S/C17H24N4O5/c1-3-26-17(24)21-9-7-20(8-10-21)16(23)14-12-13(4-5-18-14)15(22)19-6-11-25-2/h4-5,12H,3,6-11H2,1-2H3,(H,19,22). The molecule has 142 valence electrons. The summed E-state index contributed by atoms with van der Waals surface area (Å²) in [5.74, 6) is -0.550. The summed E-state index contributed by atoms with van der Waals surface area (Å²) in [6.45, 7) is 4.46. The van der Waals surface area contributed by atoms with Gasteiger partial charge in [0.15, 0.2) is 0 Å². The first kappa shape index (κ1) is 19.6. The number of nitrogens with zero attached hydrogens (tertiary/aromatic N) is 3. The first-order valence-corrected chi connectivity index (χ1v) is 8.51. The predicted octanol–water partition coefficient (Wildman–Crippen LogP) is 0.372. The summed E-state index contributed by atoms with van der Waals surface area (Å²) < 4.78 is 9.85. The van der Waals surface area contributed by atoms with E-state index in [0.717, 1.165) is 0 Å². The zero-order valence-electron chi connectivity index (χ0n) is 15.1. The Bertz CT molecular complexity index is 644. The number of rotatable bonds is 6. The van der Waals surface area contributed by atoms with E-state index in [4.69, 9.17) is 9.47 Å². The van der Waals surface area contributed by atoms with Gasteiger partial charge in [-0.25, -0.2) is 4.79 Å². The molecular weight excluding hydrogens is 340 g/mol. The zero-order valence-corrected chi connectivity index (χ0v) is 15.1. The zero-order chi connectivity index (χ0) is 18.9. The normalized spacial score (nSPS) is 14.1. The Morgan fingerprint density at radius 1 is 1.19 bits per heavy atom. The number of carbonyl (C=O) groups is 3. The van der Waals surface area contributed by atoms with Crippen LogP contribution in [0.2, 0.25) is 0 Å². The number of carbonyl (C=O) groups excluding carboxylic acids is 3. The van der Waals surface area contributed by atoms with Crippen LogP contribution in [-0.4, -0.2) is 85.7 Å². The van der Waals surface area contributed by atoms with E-state index in [1.54, 1.807) is 29.9 Å². The number of nitrogens with one attached hydrogen (secondary N) is 1. The van der Waals surface area contributed by atoms with E-state index in [9.17, 15) is 14.4 Å². The van der Waals surface area contributed by atoms with Crippen molar-refractivity contribution in [3.63, 3.8) is 0 Å². The average Bonchev–Trinajstić information content (AvgIpc) is 2.68. The highest BCUT2D eigenvalue weighted by Crippen LogP contribution is 2.10. The molecule has 0 unspecified atom stereocenters. The van der Waals surface area contributed by atoms with Crippen LogP contribution in [0.4, 0.5) is 4.79 Å². The molecule has 0 radical (unpaired) electrons. The van der Waals surface area contributed by atoms with E-state index in [2.05, 4.69) is 10.3 Å². The molecule has 1 fully saturated rings. The van der Waals surface area contributed by atoms with Gasteiger partial charge in [-0.1, -0.05) is 0 Å². The largest absolute Gasteiger partial charge is 0.450 e. The Balaban J connectivity index is 1.95. The lowest BCUT2D eigenvalue weighted by atomic mass is 10.2. The molecule has 9 nitrogen and oxygen atoms in total. The molecule has 0 saturated carbocycles. The number of hydrogen-bond acceptors (Lipinski definition) is 6. The van der Waals surface area contributed by atoms with Crippen LogP contribution >= 0.6 is 0 Å². The SMILES string of the molecule is CCOC(=O)N1CCN(C(=O)c2cc(C(=O)NCCOC)ccn2)CC1. The van der Waals surface area contributed by atoms with E-state index >= 15 is 0 Å². The van der Waals surface area contributed by atoms with Gasteiger partial charge in [0, 0.05) is 51.6 Å². The molecule has 2 heterocycles. The fourth-order valence-electron chi connectivity index (χ4n) is 2.53. The smallest absolute Gasteiger partial charge is 0.409 e. The highest BCUT2D eigenvalue weighted by molar-refractivity contribution is 5.98. The van der Waals surface area contributed by atoms with E-state index in [-0.39, 0.29) is 23.6 Å². The van der Waals surface area contributed by atoms with Gasteiger partial charge in [-0.15, -0.1) is 0 Å². The first-order chi connectivity index (χ1) is 12.6. The second kappa shape index (κ2) is 9.71. The molecule has 1 aliphatic rings. The molecular formula is C17H24N4O5. The number of amides is 3. The van der Waals surface area contributed by atoms with Crippen LogP contribution in [0.25, 0.3) is 0 Å². The number of aromatic nitrogens is 1. The lowest BCUT2D eigenvalue weighted by Gasteiger charge is -2.33. The van der Waals surface area contributed by atoms with Crippen LogP contribution in [0.1, 0.15) is 27.8 Å². The van der Waals surface area contributed by atoms with Crippen LogP contribution in [0.15, 0.2) is 18.3 Å². The molecule has 1 aromatic rings. The molecule has 3 amide bonds. The fourth-order valence-corrected chi connectivity index (χ4v) is 2.53. The Kier molecular flexibility index (Phi) is 7.34. The number of methoxy groups -OCH3 is 1. The summed E-state index contributed by atoms with van der Waals surface area (Å²) in [5.41, 5.74) is 0.568. The quantitative estimate of drug-likeness (QED) is 0.732. The summed E-state index contributed by atoms with van der Waals surface area (Å²) in [5, 5.41) is 2.70. The van der Waals surface area contributed by atoms with Crippen LogP contribution in [0.3, 0.4) is 0 Å². The maximum absolute atomic E-state index is 12.6. The van der Waals surface area contributed by atoms with Crippen molar-refractivity contribution in [2.24, 2.45) is 0 Å². The van der Waals surface area contributed by atoms with Gasteiger partial charge in [-0.2, -0.15) is 0 Å². The van der Waals surface area contributed by atoms with Gasteiger partial charge in [0.25, 0.3) is 11.8 Å². The Labute approximate surface area is 152 Å². The van der Waals surface area contributed by atoms with Crippen molar-refractivity contribution < 1.29 is 23.9 Å². The minimum Gasteiger partial charge on any atom is -0.450 e. The van der Waals surface area contributed by atoms with E-state index in [1.165, 1.54) is 12.3 Å². The molecule has 1 aliphatic heterocycles. The summed E-state index contributed by atoms with van der Waals surface area (Å²) in [7, 11) is 1.55. The minimum absolute atomic E-state index is 0.203. The van der Waals surface area contributed by atoms with Gasteiger partial charge in [-0.05, 0) is 19.1 Å². The number of pyridine rings is 1. The second-order valence-corrected chi connectivity index (χ2v) is 5.66. The molecule has 1 N–H and O–H groups in total. The van der Waals surface area contributed by atoms with Crippen molar-refractivity contribution in [3.05, 3.63) is 29.6 Å². The van der Waals surface area contributed by atoms with Crippen LogP contribution < -0.4 is 5.32 Å². The maximum atomic E-state index is 12.6. The van der Waals surface area contributed by atoms with Crippen molar-refractivity contribution >= 4 is 17.9 Å². The highest BCUT2D eigenvalue weighted by atomic mass is 16.6. The van der Waals surface area contributed by atoms with E-state index in [0.29, 0.717) is 51.5 Å². The number of hydrogen-bond donors (Lipinski definition) is 1. The Morgan fingerprint density at radius 2 is 1.88 bits per heavy atom. The highest BCUT2D eigenvalue weighted by Gasteiger charge is 2.26. The monoisotopic (exact) mass is 364 g/mol. The van der Waals surface area contributed by atoms with Crippen molar-refractivity contribution in [2.45, 2.75) is 6.92 Å². The maximum Gasteiger partial charge on any atom is 0.409 e. The van der Waals surface area contributed by atoms with Crippen molar-refractivity contribution in [1.82, 2.24) is 20.1 Å². The molecule has 0 aromatic carbocycles. The van der Waals surface area contributed by atoms with Gasteiger partial charge in [0.1, 0.15) is 5.69 Å². The third-order valence-electron chi connectivity index (χ3n) is 3.93. The Morgan fingerprint density at radius 3 is 2.54 bits per heavy atom. The van der Waals surface area contributed by atoms with Gasteiger partial charge < -0.3 is 24.6 Å². The molecule has 0 spiro atoms. The van der Waals surface area contributed by atoms with E-state index < -0.39 is 0 Å². The van der Waals surface area contributed by atoms with Crippen LogP contribution in [-0.2, 0) is 9.47 Å². The third kappa shape index (κ3) is 5.16. The number of ether oxygens (including phenoxy) is 2. The van der Waals surface area contributed by atoms with Gasteiger partial charge in [0.2, 0.25) is 0 Å². The fraction of sp³-hybridized carbons (Fsp3) is 0.529. The molecule has 2 rings (SSSR count). The third-order valence-corrected chi connectivity index (χ3v) is 3.93. The van der Waals surface area contributed by atoms with Crippen molar-refractivity contribution in [2.75, 3.05) is 53.0 Å². The van der Waals surface area contributed by atoms with Gasteiger partial charge >= 0.3 is 6.09 Å². The number of piperazine rings is 1. The van der Waals surface area contributed by atoms with E-state index in [1.807, 2.05) is 0 Å². The summed E-state index contributed by atoms with van der Waals surface area (Å²) in [6.07, 6.45) is 1.07. The summed E-state index contributed by atoms with van der Waals surface area (Å²) in [4.78, 5) is 43.7. The topological polar surface area (TPSA) is 101 Å². The molecule has 1 aromatic heterocycles. The molecule has 0 aliphatic carbocycles. The second-order valence-electron chi connectivity index (χ2n) is 5.66. The lowest BCUT2D eigenvalue weighted by molar-refractivity contribution is 0.0566. The summed E-state index contributed by atoms with van der Waals surface area (Å²) >= 11 is 0. The first-order valence-electron chi connectivity index (χ1n) is 8.51. The van der Waals surface area contributed by atoms with Gasteiger partial charge in [0.05, 0.1) is 13.2 Å². The van der Waals surface area contributed by atoms with Crippen LogP contribution in [0.5, 0.6) is 0 Å². The molecule has 0 bridgehead atoms. The molecule has 26 heavy (non-hydrogen) atoms. The van der Waals surface area contributed by atoms with Crippen molar-refractivity contribution in [3.8, 4) is 0 Å². The lowest BCUT2D eigenvalue weighted by Crippen LogP contribution is -2.50. The summed E-state index contributed by atoms with van der Waals surface area (Å²) in [6, 6.07) is 3.03. The molecule has 1 saturated heterocycles. The average molecular weight is 364 g/mol. The predicted molar refractivity (Wildman–Crippen MR) is 92.9 cm³/mol. The minimum atomic E-state index is -0.368.